The molecule has 0 aliphatic rings. The molecule has 0 aromatic heterocycles. The number of aliphatic hydroxyl groups excluding tert-OH is 3. The Kier molecular flexibility index (Phi) is 54.1. The Balaban J connectivity index is 0. The number of carbonyl (C=O) groups excluding carboxylic acids is 1. The van der Waals surface area contributed by atoms with Crippen LogP contribution in [0, 0.1) is 0 Å². The van der Waals surface area contributed by atoms with Crippen LogP contribution in [0.5, 0.6) is 0 Å². The highest BCUT2D eigenvalue weighted by atomic mass is 16.6. The van der Waals surface area contributed by atoms with Crippen molar-refractivity contribution < 1.29 is 95.9 Å². The van der Waals surface area contributed by atoms with Gasteiger partial charge in [-0.25, -0.2) is 4.79 Å². The largest absolute Gasteiger partial charge is 0.460 e. The molecule has 0 aromatic rings. The lowest BCUT2D eigenvalue weighted by molar-refractivity contribution is -0.139. The van der Waals surface area contributed by atoms with Crippen molar-refractivity contribution in [2.24, 2.45) is 0 Å². The molecule has 0 saturated carbocycles. The molecule has 0 rings (SSSR count). The fraction of sp³-hybridized carbons (Fsp3) is 0.925. The Morgan fingerprint density at radius 3 is 0.900 bits per heavy atom. The second kappa shape index (κ2) is 53.6. The van der Waals surface area contributed by atoms with Crippen molar-refractivity contribution in [1.29, 1.82) is 0 Å². The molecule has 0 amide bonds. The Bertz CT molecular complexity index is 830. The van der Waals surface area contributed by atoms with Crippen molar-refractivity contribution in [3.8, 4) is 0 Å². The Labute approximate surface area is 358 Å². The van der Waals surface area contributed by atoms with E-state index in [0.717, 1.165) is 6.08 Å². The first-order valence-electron chi connectivity index (χ1n) is 20.8. The number of hydrogen-bond acceptors (Lipinski definition) is 20. The number of rotatable bonds is 49. The highest BCUT2D eigenvalue weighted by molar-refractivity contribution is 5.81. The maximum absolute atomic E-state index is 10.8. The third-order valence-corrected chi connectivity index (χ3v) is 6.83. The van der Waals surface area contributed by atoms with E-state index in [1.54, 1.807) is 13.8 Å². The van der Waals surface area contributed by atoms with Gasteiger partial charge in [-0.05, 0) is 20.8 Å². The van der Waals surface area contributed by atoms with Crippen molar-refractivity contribution in [2.45, 2.75) is 39.1 Å². The maximum atomic E-state index is 10.8. The fourth-order valence-electron chi connectivity index (χ4n) is 3.77. The van der Waals surface area contributed by atoms with Crippen LogP contribution in [0.25, 0.3) is 0 Å². The summed E-state index contributed by atoms with van der Waals surface area (Å²) < 4.78 is 85.3. The smallest absolute Gasteiger partial charge is 0.330 e. The van der Waals surface area contributed by atoms with E-state index in [4.69, 9.17) is 91.1 Å². The molecular formula is C40H80O20. The Hall–Kier alpha value is -1.51. The zero-order chi connectivity index (χ0) is 44.3. The number of hydrogen-bond donors (Lipinski definition) is 3. The summed E-state index contributed by atoms with van der Waals surface area (Å²) in [7, 11) is 0. The van der Waals surface area contributed by atoms with Crippen LogP contribution < -0.4 is 0 Å². The molecule has 0 heterocycles. The molecule has 0 radical (unpaired) electrons. The summed E-state index contributed by atoms with van der Waals surface area (Å²) in [5.74, 6) is -0.462. The van der Waals surface area contributed by atoms with Crippen molar-refractivity contribution in [3.63, 3.8) is 0 Å². The van der Waals surface area contributed by atoms with E-state index >= 15 is 0 Å². The van der Waals surface area contributed by atoms with Crippen LogP contribution in [-0.4, -0.2) is 244 Å². The zero-order valence-corrected chi connectivity index (χ0v) is 36.7. The lowest BCUT2D eigenvalue weighted by Crippen LogP contribution is -2.24. The van der Waals surface area contributed by atoms with Gasteiger partial charge in [-0.3, -0.25) is 0 Å². The third kappa shape index (κ3) is 56.5. The number of aliphatic hydroxyl groups is 3. The molecule has 0 aliphatic carbocycles. The number of ether oxygens (including phenoxy) is 16. The first-order valence-corrected chi connectivity index (χ1v) is 20.8. The minimum atomic E-state index is -0.462. The minimum absolute atomic E-state index is 0.0170. The molecule has 0 aromatic carbocycles. The predicted molar refractivity (Wildman–Crippen MR) is 218 cm³/mol. The van der Waals surface area contributed by atoms with Gasteiger partial charge in [0.25, 0.3) is 0 Å². The van der Waals surface area contributed by atoms with Crippen LogP contribution in [-0.2, 0) is 80.6 Å². The van der Waals surface area contributed by atoms with Crippen LogP contribution in [0.3, 0.4) is 0 Å². The van der Waals surface area contributed by atoms with Gasteiger partial charge >= 0.3 is 5.97 Å². The highest BCUT2D eigenvalue weighted by Crippen LogP contribution is 1.97. The average Bonchev–Trinajstić information content (AvgIpc) is 3.25. The van der Waals surface area contributed by atoms with Crippen LogP contribution in [0.4, 0.5) is 0 Å². The fourth-order valence-corrected chi connectivity index (χ4v) is 3.77. The normalized spacial score (nSPS) is 12.8. The van der Waals surface area contributed by atoms with Gasteiger partial charge in [0.1, 0.15) is 6.61 Å². The summed E-state index contributed by atoms with van der Waals surface area (Å²) in [6.07, 6.45) is 0.458. The topological polar surface area (TPSA) is 225 Å². The van der Waals surface area contributed by atoms with E-state index in [9.17, 15) is 4.79 Å². The molecule has 3 N–H and O–H groups in total. The van der Waals surface area contributed by atoms with Gasteiger partial charge < -0.3 is 91.1 Å². The molecule has 0 fully saturated rings. The minimum Gasteiger partial charge on any atom is -0.460 e. The maximum Gasteiger partial charge on any atom is 0.330 e. The van der Waals surface area contributed by atoms with Crippen LogP contribution >= 0.6 is 0 Å². The number of esters is 1. The lowest BCUT2D eigenvalue weighted by Gasteiger charge is -2.16. The molecule has 3 atom stereocenters. The van der Waals surface area contributed by atoms with E-state index in [2.05, 4.69) is 6.58 Å². The van der Waals surface area contributed by atoms with Crippen LogP contribution in [0.15, 0.2) is 12.7 Å². The molecule has 0 spiro atoms. The summed E-state index contributed by atoms with van der Waals surface area (Å²) in [4.78, 5) is 10.8. The summed E-state index contributed by atoms with van der Waals surface area (Å²) >= 11 is 0. The second-order valence-electron chi connectivity index (χ2n) is 12.4. The van der Waals surface area contributed by atoms with E-state index < -0.39 is 12.1 Å². The third-order valence-electron chi connectivity index (χ3n) is 6.83. The van der Waals surface area contributed by atoms with E-state index in [-0.39, 0.29) is 32.0 Å². The monoisotopic (exact) mass is 881 g/mol. The van der Waals surface area contributed by atoms with Crippen LogP contribution in [0.2, 0.25) is 0 Å². The van der Waals surface area contributed by atoms with Gasteiger partial charge in [0.2, 0.25) is 0 Å². The van der Waals surface area contributed by atoms with Crippen molar-refractivity contribution in [3.05, 3.63) is 12.7 Å². The van der Waals surface area contributed by atoms with Gasteiger partial charge in [-0.2, -0.15) is 0 Å². The molecule has 0 bridgehead atoms. The molecular weight excluding hydrogens is 800 g/mol. The average molecular weight is 881 g/mol. The van der Waals surface area contributed by atoms with E-state index in [1.807, 2.05) is 6.92 Å². The first-order chi connectivity index (χ1) is 29.4. The molecule has 0 aliphatic heterocycles. The lowest BCUT2D eigenvalue weighted by atomic mass is 10.4. The van der Waals surface area contributed by atoms with Crippen molar-refractivity contribution in [2.75, 3.05) is 205 Å². The van der Waals surface area contributed by atoms with Gasteiger partial charge in [0.15, 0.2) is 0 Å². The zero-order valence-electron chi connectivity index (χ0n) is 36.7. The highest BCUT2D eigenvalue weighted by Gasteiger charge is 2.07. The summed E-state index contributed by atoms with van der Waals surface area (Å²) in [5, 5.41) is 26.2. The van der Waals surface area contributed by atoms with Crippen molar-refractivity contribution in [1.82, 2.24) is 0 Å². The molecule has 3 unspecified atom stereocenters. The number of carbonyl (C=O) groups is 1. The molecule has 360 valence electrons. The van der Waals surface area contributed by atoms with Crippen molar-refractivity contribution >= 4 is 5.97 Å². The Morgan fingerprint density at radius 2 is 0.667 bits per heavy atom. The van der Waals surface area contributed by atoms with Gasteiger partial charge in [0, 0.05) is 6.08 Å². The molecule has 60 heavy (non-hydrogen) atoms. The Morgan fingerprint density at radius 1 is 0.417 bits per heavy atom. The summed E-state index contributed by atoms with van der Waals surface area (Å²) in [5.41, 5.74) is 0. The summed E-state index contributed by atoms with van der Waals surface area (Å²) in [6, 6.07) is 0. The SMILES string of the molecule is C=CC(=O)OCCOCCOCCOCCOCCOCCOCCOCCOCCOCCOCCOCCOCCOCCO.CC(O)COC(C)COC(C)CO. The second-order valence-corrected chi connectivity index (χ2v) is 12.4. The quantitative estimate of drug-likeness (QED) is 0.0418. The van der Waals surface area contributed by atoms with Gasteiger partial charge in [-0.1, -0.05) is 6.58 Å². The molecule has 20 heteroatoms. The van der Waals surface area contributed by atoms with E-state index in [1.165, 1.54) is 0 Å². The van der Waals surface area contributed by atoms with E-state index in [0.29, 0.717) is 185 Å². The first kappa shape index (κ1) is 60.6. The summed E-state index contributed by atoms with van der Waals surface area (Å²) in [6.45, 7) is 21.9. The molecule has 0 saturated heterocycles. The van der Waals surface area contributed by atoms with Gasteiger partial charge in [-0.15, -0.1) is 0 Å². The standard InChI is InChI=1S/C31H60O16.C9H20O4/c1-2-31(33)47-30-29-46-28-27-45-26-25-44-24-23-43-22-21-42-20-19-41-18-17-40-16-15-39-14-13-38-12-11-37-10-9-36-8-7-35-6-5-34-4-3-32;1-7(11)5-12-9(3)6-13-8(2)4-10/h2,32H,1,3-30H2;7-11H,4-6H2,1-3H3. The molecule has 20 nitrogen and oxygen atoms in total. The van der Waals surface area contributed by atoms with Gasteiger partial charge in [0.05, 0.1) is 217 Å². The predicted octanol–water partition coefficient (Wildman–Crippen LogP) is 0.0934. The van der Waals surface area contributed by atoms with Crippen LogP contribution in [0.1, 0.15) is 20.8 Å².